The summed E-state index contributed by atoms with van der Waals surface area (Å²) in [5.74, 6) is -1.12. The Kier molecular flexibility index (Phi) is 31.3. The summed E-state index contributed by atoms with van der Waals surface area (Å²) in [5.41, 5.74) is 0. The molecule has 12 nitrogen and oxygen atoms in total. The lowest BCUT2D eigenvalue weighted by Gasteiger charge is -2.22. The van der Waals surface area contributed by atoms with Crippen LogP contribution in [0.15, 0.2) is 0 Å². The predicted octanol–water partition coefficient (Wildman–Crippen LogP) is 6.81. The predicted molar refractivity (Wildman–Crippen MR) is 194 cm³/mol. The number of ether oxygens (including phenoxy) is 2. The summed E-state index contributed by atoms with van der Waals surface area (Å²) in [6, 6.07) is -1.59. The van der Waals surface area contributed by atoms with Gasteiger partial charge in [-0.15, -0.1) is 0 Å². The first kappa shape index (κ1) is 47.4. The molecular weight excluding hydrogens is 649 g/mol. The number of hydrogen-bond acceptors (Lipinski definition) is 8. The van der Waals surface area contributed by atoms with Gasteiger partial charge in [-0.1, -0.05) is 110 Å². The van der Waals surface area contributed by atoms with Crippen LogP contribution in [0, 0.1) is 6.92 Å². The van der Waals surface area contributed by atoms with Crippen LogP contribution in [-0.2, 0) is 37.5 Å². The number of phosphoric acid groups is 1. The number of hydrogen-bond donors (Lipinski definition) is 4. The van der Waals surface area contributed by atoms with Crippen LogP contribution in [0.2, 0.25) is 0 Å². The molecule has 288 valence electrons. The second kappa shape index (κ2) is 32.4. The van der Waals surface area contributed by atoms with Gasteiger partial charge in [-0.3, -0.25) is 23.4 Å². The summed E-state index contributed by atoms with van der Waals surface area (Å²) in [6.45, 7) is 11.0. The lowest BCUT2D eigenvalue weighted by molar-refractivity contribution is -0.128. The van der Waals surface area contributed by atoms with Gasteiger partial charge in [-0.2, -0.15) is 0 Å². The van der Waals surface area contributed by atoms with E-state index in [0.29, 0.717) is 19.4 Å². The number of nitrogens with one attached hydrogen (secondary N) is 3. The maximum absolute atomic E-state index is 12.8. The van der Waals surface area contributed by atoms with E-state index in [2.05, 4.69) is 29.8 Å². The van der Waals surface area contributed by atoms with E-state index in [1.54, 1.807) is 7.11 Å². The molecule has 1 unspecified atom stereocenters. The Bertz CT molecular complexity index is 881. The first-order valence-corrected chi connectivity index (χ1v) is 20.3. The lowest BCUT2D eigenvalue weighted by atomic mass is 10.1. The minimum Gasteiger partial charge on any atom is -0.381 e. The summed E-state index contributed by atoms with van der Waals surface area (Å²) in [6.07, 6.45) is 21.0. The monoisotopic (exact) mass is 719 g/mol. The lowest BCUT2D eigenvalue weighted by Crippen LogP contribution is -2.46. The van der Waals surface area contributed by atoms with Gasteiger partial charge in [-0.05, 0) is 32.6 Å². The Balaban J connectivity index is 4.73. The average Bonchev–Trinajstić information content (AvgIpc) is 3.07. The third kappa shape index (κ3) is 29.8. The molecule has 0 aliphatic heterocycles. The minimum atomic E-state index is -4.50. The molecule has 0 heterocycles. The maximum Gasteiger partial charge on any atom is 0.472 e. The number of unbranched alkanes of at least 4 members (excludes halogenated alkanes) is 14. The van der Waals surface area contributed by atoms with E-state index in [1.165, 1.54) is 84.0 Å². The van der Waals surface area contributed by atoms with Crippen molar-refractivity contribution in [1.29, 1.82) is 0 Å². The van der Waals surface area contributed by atoms with E-state index in [1.807, 2.05) is 0 Å². The minimum absolute atomic E-state index is 0.0805. The third-order valence-electron chi connectivity index (χ3n) is 8.26. The van der Waals surface area contributed by atoms with Crippen molar-refractivity contribution in [3.63, 3.8) is 0 Å². The van der Waals surface area contributed by atoms with Gasteiger partial charge in [0.05, 0.1) is 32.0 Å². The fourth-order valence-corrected chi connectivity index (χ4v) is 6.10. The average molecular weight is 720 g/mol. The van der Waals surface area contributed by atoms with Crippen molar-refractivity contribution < 1.29 is 42.4 Å². The Morgan fingerprint density at radius 3 is 1.88 bits per heavy atom. The molecule has 3 amide bonds. The molecule has 2 radical (unpaired) electrons. The summed E-state index contributed by atoms with van der Waals surface area (Å²) >= 11 is 0. The van der Waals surface area contributed by atoms with Crippen molar-refractivity contribution in [2.45, 2.75) is 167 Å². The molecule has 0 saturated heterocycles. The van der Waals surface area contributed by atoms with Gasteiger partial charge in [0.1, 0.15) is 6.04 Å². The van der Waals surface area contributed by atoms with Crippen LogP contribution in [0.5, 0.6) is 0 Å². The molecule has 13 heteroatoms. The van der Waals surface area contributed by atoms with E-state index in [9.17, 15) is 23.8 Å². The number of carbonyl (C=O) groups is 3. The van der Waals surface area contributed by atoms with Crippen LogP contribution in [0.1, 0.15) is 149 Å². The zero-order valence-corrected chi connectivity index (χ0v) is 32.0. The maximum atomic E-state index is 12.8. The standard InChI is InChI=1S/C36H70N3O9P/c1-6-9-11-13-14-15-16-17-18-20-22-24-35(41)39-32(29-46-27-25-33(45-5)23-21-19-12-10-7-2)30-48-49(43,44)47-28-26-37-36(42)34(8-3)38-31(4)40/h3,32-34H,6-30H2,1-2,4-5H3,(H,37,42)(H,38,40)(H,39,41)(H,43,44)/t32-,33-,34+/m1/s1. The fraction of sp³-hybridized carbons (Fsp3) is 0.889. The Labute approximate surface area is 297 Å². The molecule has 0 aromatic carbocycles. The molecule has 4 N–H and O–H groups in total. The number of carbonyl (C=O) groups excluding carboxylic acids is 3. The SMILES string of the molecule is [CH]C[C@H](NC(C)=O)C(=O)NCCOP(=O)(O)OC[C@@H](COCC[C@@H](CCCCCCC)OC)NC(=O)CCCCCCCCCCCCC. The normalized spacial score (nSPS) is 14.5. The Morgan fingerprint density at radius 1 is 0.755 bits per heavy atom. The van der Waals surface area contributed by atoms with Crippen LogP contribution in [-0.4, -0.2) is 80.9 Å². The highest BCUT2D eigenvalue weighted by Gasteiger charge is 2.25. The molecular formula is C36H70N3O9P. The number of phosphoric ester groups is 1. The first-order valence-electron chi connectivity index (χ1n) is 18.8. The van der Waals surface area contributed by atoms with Crippen molar-refractivity contribution in [1.82, 2.24) is 16.0 Å². The molecule has 4 atom stereocenters. The smallest absolute Gasteiger partial charge is 0.381 e. The van der Waals surface area contributed by atoms with Crippen LogP contribution in [0.4, 0.5) is 0 Å². The quantitative estimate of drug-likeness (QED) is 0.0407. The highest BCUT2D eigenvalue weighted by atomic mass is 31.2. The second-order valence-electron chi connectivity index (χ2n) is 12.9. The number of amides is 3. The highest BCUT2D eigenvalue weighted by Crippen LogP contribution is 2.42. The molecule has 0 saturated carbocycles. The zero-order chi connectivity index (χ0) is 36.6. The summed E-state index contributed by atoms with van der Waals surface area (Å²) < 4.78 is 34.2. The van der Waals surface area contributed by atoms with Gasteiger partial charge in [0.25, 0.3) is 0 Å². The van der Waals surface area contributed by atoms with Crippen LogP contribution in [0.3, 0.4) is 0 Å². The van der Waals surface area contributed by atoms with E-state index in [-0.39, 0.29) is 44.8 Å². The topological polar surface area (TPSA) is 162 Å². The molecule has 0 aromatic heterocycles. The van der Waals surface area contributed by atoms with Crippen molar-refractivity contribution in [3.8, 4) is 0 Å². The van der Waals surface area contributed by atoms with Gasteiger partial charge in [0.15, 0.2) is 0 Å². The van der Waals surface area contributed by atoms with E-state index < -0.39 is 31.7 Å². The summed E-state index contributed by atoms with van der Waals surface area (Å²) in [7, 11) is -2.80. The first-order chi connectivity index (χ1) is 23.6. The van der Waals surface area contributed by atoms with Gasteiger partial charge < -0.3 is 30.3 Å². The van der Waals surface area contributed by atoms with Crippen molar-refractivity contribution in [3.05, 3.63) is 6.92 Å². The second-order valence-corrected chi connectivity index (χ2v) is 14.3. The molecule has 0 bridgehead atoms. The van der Waals surface area contributed by atoms with Crippen molar-refractivity contribution >= 4 is 25.5 Å². The van der Waals surface area contributed by atoms with Gasteiger partial charge in [-0.25, -0.2) is 4.57 Å². The highest BCUT2D eigenvalue weighted by molar-refractivity contribution is 7.47. The van der Waals surface area contributed by atoms with Crippen molar-refractivity contribution in [2.24, 2.45) is 0 Å². The Morgan fingerprint density at radius 2 is 1.33 bits per heavy atom. The summed E-state index contributed by atoms with van der Waals surface area (Å²) in [5, 5.41) is 7.79. The van der Waals surface area contributed by atoms with E-state index in [0.717, 1.165) is 32.1 Å². The van der Waals surface area contributed by atoms with Gasteiger partial charge in [0, 0.05) is 33.6 Å². The van der Waals surface area contributed by atoms with E-state index in [4.69, 9.17) is 25.4 Å². The molecule has 0 aliphatic carbocycles. The van der Waals surface area contributed by atoms with Gasteiger partial charge >= 0.3 is 7.82 Å². The third-order valence-corrected chi connectivity index (χ3v) is 9.25. The molecule has 0 aromatic rings. The van der Waals surface area contributed by atoms with E-state index >= 15 is 0 Å². The molecule has 0 rings (SSSR count). The number of methoxy groups -OCH3 is 1. The fourth-order valence-electron chi connectivity index (χ4n) is 5.33. The molecule has 0 aliphatic rings. The Hall–Kier alpha value is -1.56. The molecule has 49 heavy (non-hydrogen) atoms. The van der Waals surface area contributed by atoms with Gasteiger partial charge in [0.2, 0.25) is 17.7 Å². The van der Waals surface area contributed by atoms with Crippen LogP contribution in [0.25, 0.3) is 0 Å². The number of rotatable bonds is 35. The molecule has 0 spiro atoms. The summed E-state index contributed by atoms with van der Waals surface area (Å²) in [4.78, 5) is 46.3. The van der Waals surface area contributed by atoms with Crippen LogP contribution < -0.4 is 16.0 Å². The zero-order valence-electron chi connectivity index (χ0n) is 31.1. The molecule has 0 fully saturated rings. The van der Waals surface area contributed by atoms with Crippen LogP contribution >= 0.6 is 7.82 Å². The largest absolute Gasteiger partial charge is 0.472 e. The van der Waals surface area contributed by atoms with Crippen molar-refractivity contribution in [2.75, 3.05) is 40.1 Å².